The second-order valence-corrected chi connectivity index (χ2v) is 5.73. The quantitative estimate of drug-likeness (QED) is 0.827. The van der Waals surface area contributed by atoms with E-state index in [1.165, 1.54) is 10.6 Å². The molecular formula is C15H24ClN3O3. The molecule has 1 aromatic rings. The molecule has 2 N–H and O–H groups in total. The average Bonchev–Trinajstić information content (AvgIpc) is 2.49. The van der Waals surface area contributed by atoms with Crippen molar-refractivity contribution in [3.8, 4) is 0 Å². The standard InChI is InChI=1S/C15H23N3O3.ClH/c1-18-8-3-12(9-13(18)19)14(20)17-10-15(11-21-2)4-6-16-7-5-15;/h3,8-9,16H,4-7,10-11H2,1-2H3,(H,17,20);1H. The highest BCUT2D eigenvalue weighted by Gasteiger charge is 2.32. The van der Waals surface area contributed by atoms with Crippen molar-refractivity contribution in [1.82, 2.24) is 15.2 Å². The predicted molar refractivity (Wildman–Crippen MR) is 87.7 cm³/mol. The fourth-order valence-corrected chi connectivity index (χ4v) is 2.70. The molecule has 6 nitrogen and oxygen atoms in total. The molecule has 7 heteroatoms. The first-order valence-corrected chi connectivity index (χ1v) is 7.21. The van der Waals surface area contributed by atoms with Crippen molar-refractivity contribution >= 4 is 18.3 Å². The second kappa shape index (κ2) is 8.31. The summed E-state index contributed by atoms with van der Waals surface area (Å²) in [6.07, 6.45) is 3.54. The third-order valence-electron chi connectivity index (χ3n) is 4.11. The third-order valence-corrected chi connectivity index (χ3v) is 4.11. The van der Waals surface area contributed by atoms with Crippen molar-refractivity contribution in [1.29, 1.82) is 0 Å². The van der Waals surface area contributed by atoms with Crippen LogP contribution in [0.5, 0.6) is 0 Å². The highest BCUT2D eigenvalue weighted by molar-refractivity contribution is 5.94. The Labute approximate surface area is 136 Å². The number of aryl methyl sites for hydroxylation is 1. The number of rotatable bonds is 5. The molecule has 0 atom stereocenters. The van der Waals surface area contributed by atoms with Crippen molar-refractivity contribution in [2.24, 2.45) is 12.5 Å². The maximum absolute atomic E-state index is 12.2. The second-order valence-electron chi connectivity index (χ2n) is 5.73. The monoisotopic (exact) mass is 329 g/mol. The number of halogens is 1. The fourth-order valence-electron chi connectivity index (χ4n) is 2.70. The molecule has 2 heterocycles. The first kappa shape index (κ1) is 18.7. The Balaban J connectivity index is 0.00000242. The van der Waals surface area contributed by atoms with Gasteiger partial charge < -0.3 is 19.9 Å². The molecular weight excluding hydrogens is 306 g/mol. The zero-order chi connectivity index (χ0) is 15.3. The minimum Gasteiger partial charge on any atom is -0.384 e. The van der Waals surface area contributed by atoms with E-state index >= 15 is 0 Å². The zero-order valence-electron chi connectivity index (χ0n) is 13.1. The molecule has 0 bridgehead atoms. The van der Waals surface area contributed by atoms with Gasteiger partial charge in [0.15, 0.2) is 0 Å². The summed E-state index contributed by atoms with van der Waals surface area (Å²) in [6.45, 7) is 3.07. The van der Waals surface area contributed by atoms with Gasteiger partial charge in [-0.3, -0.25) is 9.59 Å². The van der Waals surface area contributed by atoms with Crippen molar-refractivity contribution in [3.63, 3.8) is 0 Å². The Hall–Kier alpha value is -1.37. The summed E-state index contributed by atoms with van der Waals surface area (Å²) < 4.78 is 6.77. The maximum atomic E-state index is 12.2. The molecule has 0 unspecified atom stereocenters. The van der Waals surface area contributed by atoms with Gasteiger partial charge in [-0.25, -0.2) is 0 Å². The van der Waals surface area contributed by atoms with E-state index < -0.39 is 0 Å². The molecule has 0 radical (unpaired) electrons. The van der Waals surface area contributed by atoms with Gasteiger partial charge in [0.1, 0.15) is 0 Å². The first-order valence-electron chi connectivity index (χ1n) is 7.21. The molecule has 0 saturated carbocycles. The van der Waals surface area contributed by atoms with Gasteiger partial charge in [-0.15, -0.1) is 12.4 Å². The summed E-state index contributed by atoms with van der Waals surface area (Å²) in [5, 5.41) is 6.26. The largest absolute Gasteiger partial charge is 0.384 e. The highest BCUT2D eigenvalue weighted by atomic mass is 35.5. The Bertz CT molecular complexity index is 548. The van der Waals surface area contributed by atoms with E-state index in [1.54, 1.807) is 26.4 Å². The van der Waals surface area contributed by atoms with Crippen LogP contribution in [0.4, 0.5) is 0 Å². The van der Waals surface area contributed by atoms with Crippen molar-refractivity contribution in [3.05, 3.63) is 34.2 Å². The average molecular weight is 330 g/mol. The highest BCUT2D eigenvalue weighted by Crippen LogP contribution is 2.28. The Kier molecular flexibility index (Phi) is 7.06. The number of amides is 1. The summed E-state index contributed by atoms with van der Waals surface area (Å²) in [6, 6.07) is 3.02. The van der Waals surface area contributed by atoms with Crippen LogP contribution >= 0.6 is 12.4 Å². The number of nitrogens with one attached hydrogen (secondary N) is 2. The molecule has 1 fully saturated rings. The summed E-state index contributed by atoms with van der Waals surface area (Å²) in [5.74, 6) is -0.207. The number of nitrogens with zero attached hydrogens (tertiary/aromatic N) is 1. The van der Waals surface area contributed by atoms with Crippen molar-refractivity contribution in [2.75, 3.05) is 33.4 Å². The van der Waals surface area contributed by atoms with Crippen LogP contribution in [-0.4, -0.2) is 43.8 Å². The van der Waals surface area contributed by atoms with Crippen LogP contribution < -0.4 is 16.2 Å². The Morgan fingerprint density at radius 2 is 2.14 bits per heavy atom. The summed E-state index contributed by atoms with van der Waals surface area (Å²) in [7, 11) is 3.35. The lowest BCUT2D eigenvalue weighted by atomic mass is 9.79. The number of hydrogen-bond acceptors (Lipinski definition) is 4. The number of pyridine rings is 1. The number of carbonyl (C=O) groups is 1. The van der Waals surface area contributed by atoms with E-state index in [0.717, 1.165) is 25.9 Å². The van der Waals surface area contributed by atoms with E-state index in [4.69, 9.17) is 4.74 Å². The SMILES string of the molecule is COCC1(CNC(=O)c2ccn(C)c(=O)c2)CCNCC1.Cl. The van der Waals surface area contributed by atoms with Gasteiger partial charge in [-0.1, -0.05) is 0 Å². The molecule has 0 aromatic carbocycles. The molecule has 1 aliphatic heterocycles. The van der Waals surface area contributed by atoms with Crippen LogP contribution in [0.3, 0.4) is 0 Å². The number of methoxy groups -OCH3 is 1. The predicted octanol–water partition coefficient (Wildman–Crippen LogP) is 0.553. The van der Waals surface area contributed by atoms with Crippen LogP contribution in [0, 0.1) is 5.41 Å². The van der Waals surface area contributed by atoms with Crippen LogP contribution in [0.2, 0.25) is 0 Å². The van der Waals surface area contributed by atoms with Crippen LogP contribution in [0.25, 0.3) is 0 Å². The topological polar surface area (TPSA) is 72.4 Å². The van der Waals surface area contributed by atoms with Gasteiger partial charge in [-0.2, -0.15) is 0 Å². The lowest BCUT2D eigenvalue weighted by molar-refractivity contribution is 0.0511. The molecule has 124 valence electrons. The van der Waals surface area contributed by atoms with E-state index in [-0.39, 0.29) is 29.3 Å². The lowest BCUT2D eigenvalue weighted by Crippen LogP contribution is -2.47. The summed E-state index contributed by atoms with van der Waals surface area (Å²) in [4.78, 5) is 23.8. The molecule has 1 saturated heterocycles. The van der Waals surface area contributed by atoms with E-state index in [0.29, 0.717) is 18.7 Å². The summed E-state index contributed by atoms with van der Waals surface area (Å²) >= 11 is 0. The minimum absolute atomic E-state index is 0. The van der Waals surface area contributed by atoms with Gasteiger partial charge in [0.05, 0.1) is 6.61 Å². The summed E-state index contributed by atoms with van der Waals surface area (Å²) in [5.41, 5.74) is 0.200. The number of ether oxygens (including phenoxy) is 1. The minimum atomic E-state index is -0.207. The van der Waals surface area contributed by atoms with E-state index in [9.17, 15) is 9.59 Å². The molecule has 2 rings (SSSR count). The lowest BCUT2D eigenvalue weighted by Gasteiger charge is -2.37. The van der Waals surface area contributed by atoms with Crippen molar-refractivity contribution in [2.45, 2.75) is 12.8 Å². The molecule has 1 amide bonds. The molecule has 22 heavy (non-hydrogen) atoms. The van der Waals surface area contributed by atoms with Crippen LogP contribution in [0.15, 0.2) is 23.1 Å². The molecule has 0 aliphatic carbocycles. The van der Waals surface area contributed by atoms with E-state index in [2.05, 4.69) is 10.6 Å². The maximum Gasteiger partial charge on any atom is 0.251 e. The fraction of sp³-hybridized carbons (Fsp3) is 0.600. The number of hydrogen-bond donors (Lipinski definition) is 2. The number of carbonyl (C=O) groups excluding carboxylic acids is 1. The number of piperidine rings is 1. The number of aromatic nitrogens is 1. The molecule has 1 aromatic heterocycles. The smallest absolute Gasteiger partial charge is 0.251 e. The Morgan fingerprint density at radius 1 is 1.45 bits per heavy atom. The molecule has 0 spiro atoms. The van der Waals surface area contributed by atoms with Crippen LogP contribution in [0.1, 0.15) is 23.2 Å². The van der Waals surface area contributed by atoms with E-state index in [1.807, 2.05) is 0 Å². The van der Waals surface area contributed by atoms with Crippen LogP contribution in [-0.2, 0) is 11.8 Å². The van der Waals surface area contributed by atoms with Gasteiger partial charge >= 0.3 is 0 Å². The third kappa shape index (κ3) is 4.56. The van der Waals surface area contributed by atoms with Gasteiger partial charge in [0.2, 0.25) is 0 Å². The van der Waals surface area contributed by atoms with Gasteiger partial charge in [-0.05, 0) is 32.0 Å². The van der Waals surface area contributed by atoms with Crippen molar-refractivity contribution < 1.29 is 9.53 Å². The Morgan fingerprint density at radius 3 is 2.73 bits per heavy atom. The molecule has 1 aliphatic rings. The van der Waals surface area contributed by atoms with Gasteiger partial charge in [0, 0.05) is 43.9 Å². The van der Waals surface area contributed by atoms with Gasteiger partial charge in [0.25, 0.3) is 11.5 Å². The first-order chi connectivity index (χ1) is 10.1. The zero-order valence-corrected chi connectivity index (χ0v) is 13.9. The normalized spacial score (nSPS) is 16.6.